The number of nitro groups is 1. The van der Waals surface area contributed by atoms with E-state index in [4.69, 9.17) is 11.6 Å². The number of sulfonamides is 1. The largest absolute Gasteiger partial charge is 0.308 e. The summed E-state index contributed by atoms with van der Waals surface area (Å²) in [7, 11) is -4.04. The molecule has 1 atom stereocenters. The van der Waals surface area contributed by atoms with E-state index in [0.29, 0.717) is 0 Å². The molecule has 0 aromatic heterocycles. The predicted octanol–water partition coefficient (Wildman–Crippen LogP) is 2.84. The Hall–Kier alpha value is -1.71. The second kappa shape index (κ2) is 8.32. The predicted molar refractivity (Wildman–Crippen MR) is 101 cm³/mol. The lowest BCUT2D eigenvalue weighted by Crippen LogP contribution is -2.38. The van der Waals surface area contributed by atoms with E-state index in [0.717, 1.165) is 30.7 Å². The van der Waals surface area contributed by atoms with Gasteiger partial charge in [0.05, 0.1) is 4.92 Å². The molecule has 7 nitrogen and oxygen atoms in total. The van der Waals surface area contributed by atoms with E-state index in [2.05, 4.69) is 10.0 Å². The number of nitro benzene ring substituents is 1. The highest BCUT2D eigenvalue weighted by Gasteiger charge is 2.28. The second-order valence-electron chi connectivity index (χ2n) is 5.68. The fourth-order valence-electron chi connectivity index (χ4n) is 2.91. The highest BCUT2D eigenvalue weighted by molar-refractivity contribution is 7.89. The van der Waals surface area contributed by atoms with E-state index in [-0.39, 0.29) is 30.0 Å². The van der Waals surface area contributed by atoms with Crippen LogP contribution in [0.1, 0.15) is 17.2 Å². The Morgan fingerprint density at radius 2 is 2.00 bits per heavy atom. The van der Waals surface area contributed by atoms with Crippen LogP contribution in [-0.4, -0.2) is 26.4 Å². The first-order valence-electron chi connectivity index (χ1n) is 7.63. The molecular weight excluding hydrogens is 401 g/mol. The number of hydrogen-bond donors (Lipinski definition) is 2. The van der Waals surface area contributed by atoms with Crippen LogP contribution in [0.5, 0.6) is 0 Å². The molecule has 2 aromatic carbocycles. The van der Waals surface area contributed by atoms with Crippen LogP contribution in [0.15, 0.2) is 47.4 Å². The summed E-state index contributed by atoms with van der Waals surface area (Å²) < 4.78 is 27.5. The minimum absolute atomic E-state index is 0. The molecule has 0 amide bonds. The average Bonchev–Trinajstić information content (AvgIpc) is 2.59. The fraction of sp³-hybridized carbons (Fsp3) is 0.250. The number of fused-ring (bicyclic) bond motifs is 1. The molecule has 140 valence electrons. The topological polar surface area (TPSA) is 101 Å². The summed E-state index contributed by atoms with van der Waals surface area (Å²) in [6.07, 6.45) is 0.877. The van der Waals surface area contributed by atoms with Crippen molar-refractivity contribution in [3.63, 3.8) is 0 Å². The van der Waals surface area contributed by atoms with E-state index < -0.39 is 25.5 Å². The Bertz CT molecular complexity index is 921. The van der Waals surface area contributed by atoms with Crippen molar-refractivity contribution >= 4 is 39.7 Å². The zero-order valence-electron chi connectivity index (χ0n) is 13.5. The average molecular weight is 418 g/mol. The van der Waals surface area contributed by atoms with Gasteiger partial charge in [-0.15, -0.1) is 12.4 Å². The van der Waals surface area contributed by atoms with Crippen molar-refractivity contribution in [1.82, 2.24) is 10.0 Å². The molecular formula is C16H17Cl2N3O4S. The molecule has 1 aliphatic rings. The number of halogens is 2. The van der Waals surface area contributed by atoms with Crippen molar-refractivity contribution < 1.29 is 13.3 Å². The lowest BCUT2D eigenvalue weighted by molar-refractivity contribution is -0.387. The third kappa shape index (κ3) is 4.33. The molecule has 26 heavy (non-hydrogen) atoms. The Kier molecular flexibility index (Phi) is 6.59. The summed E-state index contributed by atoms with van der Waals surface area (Å²) in [6.45, 7) is 0.837. The van der Waals surface area contributed by atoms with Crippen LogP contribution in [-0.2, 0) is 16.4 Å². The van der Waals surface area contributed by atoms with Gasteiger partial charge in [-0.2, -0.15) is 0 Å². The smallest absolute Gasteiger partial charge is 0.290 e. The Balaban J connectivity index is 0.00000243. The summed E-state index contributed by atoms with van der Waals surface area (Å²) in [5.74, 6) is 0. The molecule has 2 N–H and O–H groups in total. The molecule has 0 bridgehead atoms. The summed E-state index contributed by atoms with van der Waals surface area (Å²) in [6, 6.07) is 11.1. The first kappa shape index (κ1) is 20.6. The van der Waals surface area contributed by atoms with Crippen LogP contribution in [0.2, 0.25) is 5.02 Å². The number of hydrogen-bond acceptors (Lipinski definition) is 5. The van der Waals surface area contributed by atoms with Gasteiger partial charge >= 0.3 is 0 Å². The maximum atomic E-state index is 12.5. The lowest BCUT2D eigenvalue weighted by atomic mass is 9.95. The van der Waals surface area contributed by atoms with Crippen molar-refractivity contribution in [3.8, 4) is 0 Å². The maximum absolute atomic E-state index is 12.5. The molecule has 1 aliphatic heterocycles. The number of nitrogens with one attached hydrogen (secondary N) is 2. The number of rotatable bonds is 5. The highest BCUT2D eigenvalue weighted by Crippen LogP contribution is 2.28. The quantitative estimate of drug-likeness (QED) is 0.575. The normalized spacial score (nSPS) is 16.4. The van der Waals surface area contributed by atoms with Gasteiger partial charge < -0.3 is 5.32 Å². The third-order valence-corrected chi connectivity index (χ3v) is 5.81. The van der Waals surface area contributed by atoms with Crippen LogP contribution in [0.3, 0.4) is 0 Å². The molecule has 0 radical (unpaired) electrons. The van der Waals surface area contributed by atoms with Crippen LogP contribution in [0, 0.1) is 10.1 Å². The van der Waals surface area contributed by atoms with E-state index in [9.17, 15) is 18.5 Å². The molecule has 0 saturated carbocycles. The van der Waals surface area contributed by atoms with Gasteiger partial charge in [-0.25, -0.2) is 13.1 Å². The Labute approximate surface area is 162 Å². The van der Waals surface area contributed by atoms with Crippen LogP contribution >= 0.6 is 24.0 Å². The number of nitrogens with zero attached hydrogens (tertiary/aromatic N) is 1. The van der Waals surface area contributed by atoms with Gasteiger partial charge in [-0.05, 0) is 36.2 Å². The second-order valence-corrected chi connectivity index (χ2v) is 7.85. The standard InChI is InChI=1S/C16H16ClN3O4S.ClH/c17-12-5-6-16(15(9-12)20(21)22)25(23,24)19-10-14-13-4-2-1-3-11(13)7-8-18-14;/h1-6,9,14,18-19H,7-8,10H2;1H. The SMILES string of the molecule is Cl.O=[N+]([O-])c1cc(Cl)ccc1S(=O)(=O)NCC1NCCc2ccccc21. The molecule has 2 aromatic rings. The summed E-state index contributed by atoms with van der Waals surface area (Å²) >= 11 is 5.74. The third-order valence-electron chi connectivity index (χ3n) is 4.10. The molecule has 3 rings (SSSR count). The molecule has 1 heterocycles. The van der Waals surface area contributed by atoms with Gasteiger partial charge in [-0.1, -0.05) is 35.9 Å². The van der Waals surface area contributed by atoms with Crippen LogP contribution in [0.25, 0.3) is 0 Å². The van der Waals surface area contributed by atoms with Gasteiger partial charge in [-0.3, -0.25) is 10.1 Å². The summed E-state index contributed by atoms with van der Waals surface area (Å²) in [4.78, 5) is 9.98. The molecule has 1 unspecified atom stereocenters. The lowest BCUT2D eigenvalue weighted by Gasteiger charge is -2.27. The Morgan fingerprint density at radius 1 is 1.27 bits per heavy atom. The van der Waals surface area contributed by atoms with Gasteiger partial charge in [0, 0.05) is 23.7 Å². The zero-order chi connectivity index (χ0) is 18.0. The first-order chi connectivity index (χ1) is 11.9. The minimum Gasteiger partial charge on any atom is -0.308 e. The first-order valence-corrected chi connectivity index (χ1v) is 9.49. The monoisotopic (exact) mass is 417 g/mol. The summed E-state index contributed by atoms with van der Waals surface area (Å²) in [5, 5.41) is 14.5. The van der Waals surface area contributed by atoms with E-state index in [1.807, 2.05) is 24.3 Å². The fourth-order valence-corrected chi connectivity index (χ4v) is 4.27. The van der Waals surface area contributed by atoms with Crippen LogP contribution in [0.4, 0.5) is 5.69 Å². The van der Waals surface area contributed by atoms with Crippen LogP contribution < -0.4 is 10.0 Å². The van der Waals surface area contributed by atoms with Gasteiger partial charge in [0.2, 0.25) is 10.0 Å². The molecule has 0 fully saturated rings. The van der Waals surface area contributed by atoms with Gasteiger partial charge in [0.25, 0.3) is 5.69 Å². The van der Waals surface area contributed by atoms with E-state index in [1.165, 1.54) is 11.6 Å². The zero-order valence-corrected chi connectivity index (χ0v) is 15.9. The van der Waals surface area contributed by atoms with Gasteiger partial charge in [0.15, 0.2) is 4.90 Å². The van der Waals surface area contributed by atoms with E-state index >= 15 is 0 Å². The van der Waals surface area contributed by atoms with E-state index in [1.54, 1.807) is 0 Å². The molecule has 0 saturated heterocycles. The maximum Gasteiger partial charge on any atom is 0.290 e. The molecule has 0 aliphatic carbocycles. The van der Waals surface area contributed by atoms with Crippen molar-refractivity contribution in [2.24, 2.45) is 0 Å². The molecule has 10 heteroatoms. The van der Waals surface area contributed by atoms with Crippen molar-refractivity contribution in [2.75, 3.05) is 13.1 Å². The summed E-state index contributed by atoms with van der Waals surface area (Å²) in [5.41, 5.74) is 1.65. The van der Waals surface area contributed by atoms with Crippen molar-refractivity contribution in [2.45, 2.75) is 17.4 Å². The number of benzene rings is 2. The minimum atomic E-state index is -4.04. The van der Waals surface area contributed by atoms with Gasteiger partial charge in [0.1, 0.15) is 0 Å². The highest BCUT2D eigenvalue weighted by atomic mass is 35.5. The Morgan fingerprint density at radius 3 is 2.73 bits per heavy atom. The molecule has 0 spiro atoms. The van der Waals surface area contributed by atoms with Crippen molar-refractivity contribution in [1.29, 1.82) is 0 Å². The van der Waals surface area contributed by atoms with Crippen molar-refractivity contribution in [3.05, 3.63) is 68.7 Å².